The molecule has 5 rings (SSSR count). The second-order valence-electron chi connectivity index (χ2n) is 8.23. The van der Waals surface area contributed by atoms with Crippen LogP contribution in [0.15, 0.2) is 46.8 Å². The summed E-state index contributed by atoms with van der Waals surface area (Å²) in [7, 11) is 0. The number of nitrogens with zero attached hydrogens (tertiary/aromatic N) is 4. The van der Waals surface area contributed by atoms with E-state index in [1.54, 1.807) is 11.6 Å². The van der Waals surface area contributed by atoms with E-state index >= 15 is 0 Å². The summed E-state index contributed by atoms with van der Waals surface area (Å²) in [5, 5.41) is 24.8. The maximum Gasteiger partial charge on any atom is 0.416 e. The molecule has 13 heteroatoms. The Balaban J connectivity index is 1.55. The molecule has 3 aromatic heterocycles. The Kier molecular flexibility index (Phi) is 7.04. The fourth-order valence-electron chi connectivity index (χ4n) is 3.47. The molecule has 1 aromatic carbocycles. The highest BCUT2D eigenvalue weighted by Gasteiger charge is 2.31. The summed E-state index contributed by atoms with van der Waals surface area (Å²) in [6.45, 7) is 0.101. The number of thiazole rings is 1. The maximum atomic E-state index is 13.5. The van der Waals surface area contributed by atoms with Gasteiger partial charge in [-0.1, -0.05) is 28.9 Å². The minimum atomic E-state index is -4.61. The standard InChI is InChI=1S/C24H17ClF3N5O2S2/c25-18-5-4-14(24(26,27)28)9-15(18)17-11-33(12-20-29-7-8-36-20)21(34)10-16(17)22(35)30-23-32-31-19(37-23)6-3-13-1-2-13/h4-5,7-11,13,22,35H,1-2,12H2,(H,30,32). The van der Waals surface area contributed by atoms with Gasteiger partial charge in [0.15, 0.2) is 11.2 Å². The molecule has 1 aliphatic carbocycles. The van der Waals surface area contributed by atoms with Crippen molar-refractivity contribution in [1.82, 2.24) is 19.7 Å². The van der Waals surface area contributed by atoms with E-state index in [9.17, 15) is 23.1 Å². The first-order valence-corrected chi connectivity index (χ1v) is 13.0. The Labute approximate surface area is 221 Å². The van der Waals surface area contributed by atoms with Crippen LogP contribution in [0.3, 0.4) is 0 Å². The smallest absolute Gasteiger partial charge is 0.369 e. The third kappa shape index (κ3) is 6.02. The van der Waals surface area contributed by atoms with E-state index < -0.39 is 23.5 Å². The van der Waals surface area contributed by atoms with Gasteiger partial charge in [0, 0.05) is 51.5 Å². The highest BCUT2D eigenvalue weighted by Crippen LogP contribution is 2.38. The van der Waals surface area contributed by atoms with Crippen LogP contribution in [0.2, 0.25) is 5.02 Å². The Bertz CT molecular complexity index is 1550. The first-order chi connectivity index (χ1) is 17.7. The van der Waals surface area contributed by atoms with Crippen LogP contribution in [0.4, 0.5) is 18.3 Å². The molecule has 1 atom stereocenters. The number of aliphatic hydroxyl groups excluding tert-OH is 1. The molecular formula is C24H17ClF3N5O2S2. The predicted octanol–water partition coefficient (Wildman–Crippen LogP) is 5.41. The van der Waals surface area contributed by atoms with Gasteiger partial charge in [0.2, 0.25) is 5.13 Å². The average molecular weight is 564 g/mol. The van der Waals surface area contributed by atoms with Crippen molar-refractivity contribution in [3.8, 4) is 23.0 Å². The Morgan fingerprint density at radius 3 is 2.76 bits per heavy atom. The first-order valence-electron chi connectivity index (χ1n) is 11.0. The molecule has 190 valence electrons. The Hall–Kier alpha value is -3.24. The molecule has 1 saturated carbocycles. The lowest BCUT2D eigenvalue weighted by molar-refractivity contribution is -0.137. The van der Waals surface area contributed by atoms with Gasteiger partial charge in [-0.05, 0) is 37.0 Å². The normalized spacial score (nSPS) is 14.2. The minimum Gasteiger partial charge on any atom is -0.369 e. The van der Waals surface area contributed by atoms with E-state index in [0.717, 1.165) is 48.4 Å². The number of hydrogen-bond donors (Lipinski definition) is 2. The van der Waals surface area contributed by atoms with Crippen molar-refractivity contribution in [3.63, 3.8) is 0 Å². The zero-order valence-electron chi connectivity index (χ0n) is 18.8. The molecule has 1 aliphatic rings. The molecule has 0 aliphatic heterocycles. The molecule has 2 N–H and O–H groups in total. The van der Waals surface area contributed by atoms with Crippen LogP contribution in [0.1, 0.15) is 40.2 Å². The molecule has 37 heavy (non-hydrogen) atoms. The summed E-state index contributed by atoms with van der Waals surface area (Å²) in [6.07, 6.45) is -1.04. The van der Waals surface area contributed by atoms with Gasteiger partial charge in [0.25, 0.3) is 5.56 Å². The van der Waals surface area contributed by atoms with E-state index in [1.165, 1.54) is 22.1 Å². The number of rotatable bonds is 6. The third-order valence-corrected chi connectivity index (χ3v) is 7.34. The summed E-state index contributed by atoms with van der Waals surface area (Å²) < 4.78 is 41.8. The lowest BCUT2D eigenvalue weighted by Gasteiger charge is -2.19. The summed E-state index contributed by atoms with van der Waals surface area (Å²) in [5.74, 6) is 6.38. The average Bonchev–Trinajstić information content (AvgIpc) is 3.33. The fourth-order valence-corrected chi connectivity index (χ4v) is 4.93. The van der Waals surface area contributed by atoms with Crippen LogP contribution in [0, 0.1) is 17.8 Å². The second kappa shape index (κ2) is 10.3. The molecule has 0 bridgehead atoms. The van der Waals surface area contributed by atoms with E-state index in [2.05, 4.69) is 32.3 Å². The summed E-state index contributed by atoms with van der Waals surface area (Å²) in [5.41, 5.74) is -1.21. The van der Waals surface area contributed by atoms with Crippen molar-refractivity contribution >= 4 is 39.4 Å². The van der Waals surface area contributed by atoms with E-state index in [-0.39, 0.29) is 33.4 Å². The topological polar surface area (TPSA) is 92.9 Å². The van der Waals surface area contributed by atoms with Gasteiger partial charge in [-0.2, -0.15) is 13.2 Å². The molecule has 1 unspecified atom stereocenters. The van der Waals surface area contributed by atoms with Crippen LogP contribution < -0.4 is 10.9 Å². The maximum absolute atomic E-state index is 13.5. The number of halogens is 4. The van der Waals surface area contributed by atoms with Crippen molar-refractivity contribution in [3.05, 3.63) is 78.6 Å². The van der Waals surface area contributed by atoms with Crippen molar-refractivity contribution < 1.29 is 18.3 Å². The predicted molar refractivity (Wildman–Crippen MR) is 135 cm³/mol. The van der Waals surface area contributed by atoms with E-state index in [1.807, 2.05) is 0 Å². The van der Waals surface area contributed by atoms with Gasteiger partial charge < -0.3 is 15.0 Å². The zero-order chi connectivity index (χ0) is 26.2. The second-order valence-corrected chi connectivity index (χ2v) is 10.6. The molecule has 0 spiro atoms. The van der Waals surface area contributed by atoms with Gasteiger partial charge >= 0.3 is 6.18 Å². The van der Waals surface area contributed by atoms with Gasteiger partial charge in [-0.25, -0.2) is 4.98 Å². The van der Waals surface area contributed by atoms with Crippen molar-refractivity contribution in [2.24, 2.45) is 5.92 Å². The van der Waals surface area contributed by atoms with Crippen LogP contribution in [-0.2, 0) is 12.7 Å². The molecule has 0 amide bonds. The van der Waals surface area contributed by atoms with Gasteiger partial charge in [0.1, 0.15) is 5.01 Å². The molecular weight excluding hydrogens is 547 g/mol. The van der Waals surface area contributed by atoms with Gasteiger partial charge in [-0.15, -0.1) is 21.5 Å². The summed E-state index contributed by atoms with van der Waals surface area (Å²) >= 11 is 8.76. The molecule has 1 fully saturated rings. The van der Waals surface area contributed by atoms with Crippen molar-refractivity contribution in [2.45, 2.75) is 31.8 Å². The Morgan fingerprint density at radius 2 is 2.05 bits per heavy atom. The van der Waals surface area contributed by atoms with Crippen LogP contribution in [0.25, 0.3) is 11.1 Å². The largest absolute Gasteiger partial charge is 0.416 e. The molecule has 0 saturated heterocycles. The number of aromatic nitrogens is 4. The zero-order valence-corrected chi connectivity index (χ0v) is 21.2. The fraction of sp³-hybridized carbons (Fsp3) is 0.250. The van der Waals surface area contributed by atoms with Gasteiger partial charge in [-0.3, -0.25) is 4.79 Å². The number of alkyl halides is 3. The van der Waals surface area contributed by atoms with Crippen molar-refractivity contribution in [2.75, 3.05) is 5.32 Å². The monoisotopic (exact) mass is 563 g/mol. The minimum absolute atomic E-state index is 0.00785. The lowest BCUT2D eigenvalue weighted by Crippen LogP contribution is -2.23. The highest BCUT2D eigenvalue weighted by molar-refractivity contribution is 7.15. The lowest BCUT2D eigenvalue weighted by atomic mass is 9.98. The van der Waals surface area contributed by atoms with E-state index in [4.69, 9.17) is 11.6 Å². The number of hydrogen-bond acceptors (Lipinski definition) is 8. The number of benzene rings is 1. The SMILES string of the molecule is O=c1cc(C(O)Nc2nnc(C#CC3CC3)s2)c(-c2cc(C(F)(F)F)ccc2Cl)cn1Cc1nccs1. The highest BCUT2D eigenvalue weighted by atomic mass is 35.5. The number of pyridine rings is 1. The van der Waals surface area contributed by atoms with E-state index in [0.29, 0.717) is 15.9 Å². The van der Waals surface area contributed by atoms with Crippen LogP contribution >= 0.6 is 34.3 Å². The number of anilines is 1. The quantitative estimate of drug-likeness (QED) is 0.241. The molecule has 4 aromatic rings. The molecule has 0 radical (unpaired) electrons. The molecule has 3 heterocycles. The first kappa shape index (κ1) is 25.4. The molecule has 7 nitrogen and oxygen atoms in total. The third-order valence-electron chi connectivity index (χ3n) is 5.47. The van der Waals surface area contributed by atoms with Gasteiger partial charge in [0.05, 0.1) is 12.1 Å². The summed E-state index contributed by atoms with van der Waals surface area (Å²) in [6, 6.07) is 4.06. The number of nitrogens with one attached hydrogen (secondary N) is 1. The van der Waals surface area contributed by atoms with Crippen molar-refractivity contribution in [1.29, 1.82) is 0 Å². The van der Waals surface area contributed by atoms with Crippen LogP contribution in [0.5, 0.6) is 0 Å². The number of aliphatic hydroxyl groups is 1. The Morgan fingerprint density at radius 1 is 1.24 bits per heavy atom. The van der Waals surface area contributed by atoms with Crippen LogP contribution in [-0.4, -0.2) is 24.9 Å². The summed E-state index contributed by atoms with van der Waals surface area (Å²) in [4.78, 5) is 17.1.